The number of anilines is 1. The maximum atomic E-state index is 10.0. The summed E-state index contributed by atoms with van der Waals surface area (Å²) in [5.74, 6) is 0.906. The molecule has 3 aromatic heterocycles. The highest BCUT2D eigenvalue weighted by atomic mass is 16.5. The van der Waals surface area contributed by atoms with Crippen molar-refractivity contribution in [1.82, 2.24) is 24.5 Å². The summed E-state index contributed by atoms with van der Waals surface area (Å²) >= 11 is 0. The molecule has 4 heterocycles. The first-order chi connectivity index (χ1) is 17.5. The van der Waals surface area contributed by atoms with Gasteiger partial charge in [-0.25, -0.2) is 9.50 Å². The third-order valence-electron chi connectivity index (χ3n) is 7.21. The lowest BCUT2D eigenvalue weighted by atomic mass is 9.85. The molecule has 3 aromatic rings. The Balaban J connectivity index is 1.47. The Morgan fingerprint density at radius 1 is 1.19 bits per heavy atom. The van der Waals surface area contributed by atoms with Crippen LogP contribution in [-0.4, -0.2) is 81.8 Å². The third kappa shape index (κ3) is 5.23. The molecule has 5 rings (SSSR count). The van der Waals surface area contributed by atoms with Crippen molar-refractivity contribution in [2.75, 3.05) is 45.3 Å². The fraction of sp³-hybridized carbons (Fsp3) is 0.519. The number of pyridine rings is 1. The number of nitrogens with one attached hydrogen (secondary N) is 1. The van der Waals surface area contributed by atoms with Gasteiger partial charge in [0.1, 0.15) is 0 Å². The van der Waals surface area contributed by atoms with Crippen LogP contribution in [0.4, 0.5) is 5.95 Å². The van der Waals surface area contributed by atoms with Crippen molar-refractivity contribution < 1.29 is 14.6 Å². The maximum absolute atomic E-state index is 10.0. The average molecular weight is 493 g/mol. The Hall–Kier alpha value is -3.01. The first-order valence-corrected chi connectivity index (χ1v) is 12.8. The van der Waals surface area contributed by atoms with E-state index in [1.807, 2.05) is 29.9 Å². The van der Waals surface area contributed by atoms with Crippen LogP contribution in [0.1, 0.15) is 49.9 Å². The van der Waals surface area contributed by atoms with E-state index in [0.717, 1.165) is 85.7 Å². The smallest absolute Gasteiger partial charge is 0.241 e. The highest BCUT2D eigenvalue weighted by Gasteiger charge is 2.26. The van der Waals surface area contributed by atoms with Crippen LogP contribution in [0.3, 0.4) is 0 Å². The van der Waals surface area contributed by atoms with Crippen molar-refractivity contribution in [3.63, 3.8) is 0 Å². The van der Waals surface area contributed by atoms with Gasteiger partial charge in [0.05, 0.1) is 49.0 Å². The van der Waals surface area contributed by atoms with Crippen LogP contribution >= 0.6 is 0 Å². The number of hydrogen-bond donors (Lipinski definition) is 2. The Labute approximate surface area is 212 Å². The fourth-order valence-corrected chi connectivity index (χ4v) is 5.21. The summed E-state index contributed by atoms with van der Waals surface area (Å²) in [5, 5.41) is 18.2. The van der Waals surface area contributed by atoms with E-state index in [1.165, 1.54) is 0 Å². The van der Waals surface area contributed by atoms with Crippen molar-refractivity contribution in [2.24, 2.45) is 0 Å². The van der Waals surface area contributed by atoms with E-state index in [9.17, 15) is 5.11 Å². The molecule has 2 N–H and O–H groups in total. The number of morpholine rings is 1. The lowest BCUT2D eigenvalue weighted by Crippen LogP contribution is -2.34. The van der Waals surface area contributed by atoms with E-state index in [1.54, 1.807) is 7.11 Å². The third-order valence-corrected chi connectivity index (χ3v) is 7.21. The van der Waals surface area contributed by atoms with E-state index >= 15 is 0 Å². The van der Waals surface area contributed by atoms with Crippen LogP contribution in [0.15, 0.2) is 37.2 Å². The van der Waals surface area contributed by atoms with Gasteiger partial charge in [0, 0.05) is 55.2 Å². The summed E-state index contributed by atoms with van der Waals surface area (Å²) in [4.78, 5) is 11.6. The number of methoxy groups -OCH3 is 1. The fourth-order valence-electron chi connectivity index (χ4n) is 5.21. The lowest BCUT2D eigenvalue weighted by molar-refractivity contribution is 0.0639. The summed E-state index contributed by atoms with van der Waals surface area (Å²) in [5.41, 5.74) is 5.98. The predicted octanol–water partition coefficient (Wildman–Crippen LogP) is 3.56. The maximum Gasteiger partial charge on any atom is 0.241 e. The topological polar surface area (TPSA) is 97.0 Å². The Kier molecular flexibility index (Phi) is 7.50. The van der Waals surface area contributed by atoms with Crippen LogP contribution in [0, 0.1) is 0 Å². The zero-order valence-corrected chi connectivity index (χ0v) is 21.2. The summed E-state index contributed by atoms with van der Waals surface area (Å²) in [6, 6.07) is 6.45. The molecular formula is C27H36N6O3. The number of ether oxygens (including phenoxy) is 2. The minimum Gasteiger partial charge on any atom is -0.393 e. The summed E-state index contributed by atoms with van der Waals surface area (Å²) in [7, 11) is 1.69. The molecule has 0 bridgehead atoms. The zero-order chi connectivity index (χ0) is 25.1. The van der Waals surface area contributed by atoms with E-state index in [2.05, 4.69) is 33.9 Å². The van der Waals surface area contributed by atoms with Crippen LogP contribution in [0.5, 0.6) is 0 Å². The molecule has 0 radical (unpaired) electrons. The largest absolute Gasteiger partial charge is 0.393 e. The standard InChI is InChI=1S/C27H36N6O3/c1-18(17-35-3)30-27-29-16-26-23(14-25(33(26)31-27)20-4-7-22(34)8-5-20)21-6-9-24(28-15-21)19(2)32-10-12-36-13-11-32/h6,9,14-16,18,20,22,34H,2,4-5,7-8,10-13,17H2,1,3H3,(H,30,31)/t18-,20?,22?/m0/s1. The zero-order valence-electron chi connectivity index (χ0n) is 21.2. The highest BCUT2D eigenvalue weighted by molar-refractivity contribution is 5.81. The second-order valence-corrected chi connectivity index (χ2v) is 9.85. The Bertz CT molecular complexity index is 1180. The van der Waals surface area contributed by atoms with Gasteiger partial charge in [0.25, 0.3) is 0 Å². The van der Waals surface area contributed by atoms with Gasteiger partial charge in [-0.3, -0.25) is 4.98 Å². The van der Waals surface area contributed by atoms with Gasteiger partial charge in [-0.2, -0.15) is 0 Å². The Morgan fingerprint density at radius 2 is 1.97 bits per heavy atom. The van der Waals surface area contributed by atoms with Crippen LogP contribution in [0.25, 0.3) is 22.3 Å². The molecule has 9 heteroatoms. The number of hydrogen-bond acceptors (Lipinski definition) is 8. The molecule has 0 unspecified atom stereocenters. The number of rotatable bonds is 8. The molecule has 2 fully saturated rings. The van der Waals surface area contributed by atoms with Gasteiger partial charge >= 0.3 is 0 Å². The Morgan fingerprint density at radius 3 is 2.67 bits per heavy atom. The molecule has 9 nitrogen and oxygen atoms in total. The van der Waals surface area contributed by atoms with Crippen molar-refractivity contribution in [2.45, 2.75) is 50.7 Å². The van der Waals surface area contributed by atoms with Gasteiger partial charge < -0.3 is 24.8 Å². The molecule has 0 spiro atoms. The molecule has 0 aromatic carbocycles. The summed E-state index contributed by atoms with van der Waals surface area (Å²) in [6.07, 6.45) is 7.10. The van der Waals surface area contributed by atoms with Gasteiger partial charge in [-0.1, -0.05) is 12.6 Å². The molecule has 192 valence electrons. The average Bonchev–Trinajstić information content (AvgIpc) is 3.28. The second-order valence-electron chi connectivity index (χ2n) is 9.85. The molecule has 1 atom stereocenters. The lowest BCUT2D eigenvalue weighted by Gasteiger charge is -2.30. The van der Waals surface area contributed by atoms with Crippen molar-refractivity contribution in [1.29, 1.82) is 0 Å². The van der Waals surface area contributed by atoms with E-state index in [4.69, 9.17) is 19.6 Å². The minimum absolute atomic E-state index is 0.0899. The predicted molar refractivity (Wildman–Crippen MR) is 140 cm³/mol. The monoisotopic (exact) mass is 492 g/mol. The second kappa shape index (κ2) is 10.9. The van der Waals surface area contributed by atoms with E-state index in [0.29, 0.717) is 18.5 Å². The first-order valence-electron chi connectivity index (χ1n) is 12.8. The minimum atomic E-state index is -0.204. The van der Waals surface area contributed by atoms with E-state index in [-0.39, 0.29) is 12.1 Å². The molecule has 1 saturated carbocycles. The highest BCUT2D eigenvalue weighted by Crippen LogP contribution is 2.37. The van der Waals surface area contributed by atoms with Crippen molar-refractivity contribution in [3.8, 4) is 11.1 Å². The first kappa shape index (κ1) is 24.7. The van der Waals surface area contributed by atoms with Gasteiger partial charge in [0.2, 0.25) is 5.95 Å². The summed E-state index contributed by atoms with van der Waals surface area (Å²) in [6.45, 7) is 9.98. The normalized spacial score (nSPS) is 21.5. The number of aliphatic hydroxyl groups excluding tert-OH is 1. The molecule has 1 saturated heterocycles. The van der Waals surface area contributed by atoms with Gasteiger partial charge in [-0.05, 0) is 44.7 Å². The van der Waals surface area contributed by atoms with Crippen LogP contribution in [-0.2, 0) is 9.47 Å². The quantitative estimate of drug-likeness (QED) is 0.493. The van der Waals surface area contributed by atoms with Gasteiger partial charge in [0.15, 0.2) is 0 Å². The van der Waals surface area contributed by atoms with Crippen molar-refractivity contribution >= 4 is 17.2 Å². The van der Waals surface area contributed by atoms with E-state index < -0.39 is 0 Å². The SMILES string of the molecule is C=C(c1ccc(-c2cc(C3CCC(O)CC3)n3nc(N[C@@H](C)COC)ncc23)cn1)N1CCOCC1. The molecule has 1 aliphatic heterocycles. The van der Waals surface area contributed by atoms with Crippen LogP contribution in [0.2, 0.25) is 0 Å². The number of fused-ring (bicyclic) bond motifs is 1. The number of aliphatic hydroxyl groups is 1. The van der Waals surface area contributed by atoms with Crippen molar-refractivity contribution in [3.05, 3.63) is 48.6 Å². The molecule has 0 amide bonds. The molecule has 36 heavy (non-hydrogen) atoms. The van der Waals surface area contributed by atoms with Crippen LogP contribution < -0.4 is 5.32 Å². The molecule has 1 aliphatic carbocycles. The number of aromatic nitrogens is 4. The number of nitrogens with zero attached hydrogens (tertiary/aromatic N) is 5. The molecule has 2 aliphatic rings. The van der Waals surface area contributed by atoms with Gasteiger partial charge in [-0.15, -0.1) is 5.10 Å². The summed E-state index contributed by atoms with van der Waals surface area (Å²) < 4.78 is 12.7. The molecular weight excluding hydrogens is 456 g/mol.